The number of rotatable bonds is 12. The summed E-state index contributed by atoms with van der Waals surface area (Å²) in [6, 6.07) is 9.74. The van der Waals surface area contributed by atoms with Gasteiger partial charge >= 0.3 is 0 Å². The molecule has 1 aliphatic carbocycles. The number of para-hydroxylation sites is 1. The molecule has 7 nitrogen and oxygen atoms in total. The van der Waals surface area contributed by atoms with E-state index in [1.807, 2.05) is 42.7 Å². The molecule has 3 aromatic rings. The molecule has 0 radical (unpaired) electrons. The Hall–Kier alpha value is -3.14. The number of nitrogens with one attached hydrogen (secondary N) is 3. The van der Waals surface area contributed by atoms with Crippen molar-refractivity contribution in [2.24, 2.45) is 0 Å². The van der Waals surface area contributed by atoms with Crippen LogP contribution >= 0.6 is 0 Å². The molecule has 3 atom stereocenters. The van der Waals surface area contributed by atoms with Gasteiger partial charge in [-0.1, -0.05) is 38.5 Å². The Labute approximate surface area is 222 Å². The summed E-state index contributed by atoms with van der Waals surface area (Å²) >= 11 is 0. The van der Waals surface area contributed by atoms with Gasteiger partial charge in [-0.3, -0.25) is 4.79 Å². The zero-order valence-electron chi connectivity index (χ0n) is 22.0. The first-order valence-electron chi connectivity index (χ1n) is 13.4. The number of hydrogen-bond acceptors (Lipinski definition) is 5. The molecule has 0 spiro atoms. The van der Waals surface area contributed by atoms with Crippen LogP contribution in [0.15, 0.2) is 48.9 Å². The second-order valence-corrected chi connectivity index (χ2v) is 9.93. The van der Waals surface area contributed by atoms with E-state index in [1.165, 1.54) is 6.07 Å². The highest BCUT2D eigenvalue weighted by Gasteiger charge is 2.27. The predicted octanol–water partition coefficient (Wildman–Crippen LogP) is 4.27. The highest BCUT2D eigenvalue weighted by atomic mass is 19.1. The molecule has 1 heterocycles. The molecule has 0 saturated heterocycles. The average Bonchev–Trinajstić information content (AvgIpc) is 3.37. The van der Waals surface area contributed by atoms with Crippen LogP contribution in [-0.2, 0) is 24.2 Å². The van der Waals surface area contributed by atoms with Crippen LogP contribution in [-0.4, -0.2) is 45.3 Å². The van der Waals surface area contributed by atoms with Crippen molar-refractivity contribution >= 4 is 11.7 Å². The van der Waals surface area contributed by atoms with Crippen molar-refractivity contribution in [1.82, 2.24) is 20.2 Å². The molecule has 1 amide bonds. The zero-order chi connectivity index (χ0) is 27.1. The maximum absolute atomic E-state index is 14.4. The Morgan fingerprint density at radius 1 is 1.24 bits per heavy atom. The molecule has 4 N–H and O–H groups in total. The predicted molar refractivity (Wildman–Crippen MR) is 144 cm³/mol. The number of anilines is 1. The molecule has 1 aliphatic rings. The van der Waals surface area contributed by atoms with E-state index in [1.54, 1.807) is 12.5 Å². The summed E-state index contributed by atoms with van der Waals surface area (Å²) < 4.78 is 29.8. The van der Waals surface area contributed by atoms with Gasteiger partial charge in [-0.2, -0.15) is 0 Å². The first-order chi connectivity index (χ1) is 18.4. The fourth-order valence-electron chi connectivity index (χ4n) is 5.03. The first-order valence-corrected chi connectivity index (χ1v) is 13.4. The minimum Gasteiger partial charge on any atom is -0.395 e. The van der Waals surface area contributed by atoms with Crippen molar-refractivity contribution in [3.05, 3.63) is 77.2 Å². The Morgan fingerprint density at radius 2 is 2.05 bits per heavy atom. The van der Waals surface area contributed by atoms with Crippen LogP contribution in [0.4, 0.5) is 14.6 Å². The third-order valence-corrected chi connectivity index (χ3v) is 7.19. The smallest absolute Gasteiger partial charge is 0.242 e. The first kappa shape index (κ1) is 27.9. The monoisotopic (exact) mass is 525 g/mol. The minimum atomic E-state index is -0.551. The summed E-state index contributed by atoms with van der Waals surface area (Å²) in [5.74, 6) is -0.820. The lowest BCUT2D eigenvalue weighted by atomic mass is 9.87. The van der Waals surface area contributed by atoms with Gasteiger partial charge in [0.25, 0.3) is 0 Å². The van der Waals surface area contributed by atoms with Crippen molar-refractivity contribution in [2.45, 2.75) is 77.0 Å². The second-order valence-electron chi connectivity index (χ2n) is 9.93. The summed E-state index contributed by atoms with van der Waals surface area (Å²) in [4.78, 5) is 17.6. The molecule has 4 rings (SSSR count). The highest BCUT2D eigenvalue weighted by molar-refractivity contribution is 5.94. The number of aryl methyl sites for hydroxylation is 1. The van der Waals surface area contributed by atoms with Crippen LogP contribution in [0.1, 0.15) is 56.2 Å². The van der Waals surface area contributed by atoms with Crippen LogP contribution in [0.3, 0.4) is 0 Å². The number of hydrogen-bond donors (Lipinski definition) is 4. The zero-order valence-corrected chi connectivity index (χ0v) is 22.0. The minimum absolute atomic E-state index is 0.0268. The molecule has 38 heavy (non-hydrogen) atoms. The van der Waals surface area contributed by atoms with Gasteiger partial charge < -0.3 is 25.6 Å². The van der Waals surface area contributed by atoms with Crippen LogP contribution in [0.25, 0.3) is 5.69 Å². The largest absolute Gasteiger partial charge is 0.395 e. The van der Waals surface area contributed by atoms with Crippen molar-refractivity contribution in [2.75, 3.05) is 11.9 Å². The number of carbonyl (C=O) groups is 1. The van der Waals surface area contributed by atoms with E-state index in [4.69, 9.17) is 0 Å². The second kappa shape index (κ2) is 13.1. The van der Waals surface area contributed by atoms with Gasteiger partial charge in [0.15, 0.2) is 5.82 Å². The summed E-state index contributed by atoms with van der Waals surface area (Å²) in [5.41, 5.74) is 3.22. The number of aliphatic hydroxyl groups excluding tert-OH is 1. The number of benzene rings is 2. The third kappa shape index (κ3) is 6.83. The van der Waals surface area contributed by atoms with Crippen molar-refractivity contribution in [1.29, 1.82) is 0 Å². The van der Waals surface area contributed by atoms with Crippen LogP contribution in [0.5, 0.6) is 0 Å². The third-order valence-electron chi connectivity index (χ3n) is 7.19. The van der Waals surface area contributed by atoms with E-state index in [0.717, 1.165) is 30.2 Å². The van der Waals surface area contributed by atoms with Crippen molar-refractivity contribution in [3.8, 4) is 5.69 Å². The van der Waals surface area contributed by atoms with Gasteiger partial charge in [0.1, 0.15) is 18.0 Å². The molecule has 1 unspecified atom stereocenters. The Kier molecular flexibility index (Phi) is 9.60. The molecule has 9 heteroatoms. The Morgan fingerprint density at radius 3 is 2.82 bits per heavy atom. The fraction of sp³-hybridized carbons (Fsp3) is 0.448. The van der Waals surface area contributed by atoms with Crippen molar-refractivity contribution in [3.63, 3.8) is 0 Å². The van der Waals surface area contributed by atoms with Gasteiger partial charge in [0.05, 0.1) is 24.5 Å². The van der Waals surface area contributed by atoms with E-state index < -0.39 is 17.7 Å². The van der Waals surface area contributed by atoms with Gasteiger partial charge in [-0.25, -0.2) is 13.8 Å². The van der Waals surface area contributed by atoms with Gasteiger partial charge in [-0.05, 0) is 60.9 Å². The van der Waals surface area contributed by atoms with Gasteiger partial charge in [0.2, 0.25) is 5.91 Å². The number of nitrogens with zero attached hydrogens (tertiary/aromatic N) is 2. The summed E-state index contributed by atoms with van der Waals surface area (Å²) in [6.07, 6.45) is 7.40. The summed E-state index contributed by atoms with van der Waals surface area (Å²) in [5, 5.41) is 19.2. The van der Waals surface area contributed by atoms with E-state index in [9.17, 15) is 18.7 Å². The molecular weight excluding hydrogens is 488 g/mol. The molecule has 0 bridgehead atoms. The van der Waals surface area contributed by atoms with Crippen LogP contribution in [0.2, 0.25) is 0 Å². The number of imidazole rings is 1. The molecular formula is C29H37F2N5O2. The quantitative estimate of drug-likeness (QED) is 0.284. The fourth-order valence-corrected chi connectivity index (χ4v) is 5.03. The van der Waals surface area contributed by atoms with Gasteiger partial charge in [-0.15, -0.1) is 0 Å². The standard InChI is InChI=1S/C29H37F2N5O2/c1-3-7-26(34-23-11-10-19-12-21(30)13-25(31)24(19)14-23)29(38)35-28-16-36(18-33-28)27-9-6-5-8-20(27)15-32-22(4-2)17-37/h5-6,8-9,12-13,16,18,22-23,26,32,34,37H,3-4,7,10-11,14-15,17H2,1-2H3,(H,35,38)/t22-,23+,26?/m1/s1. The molecule has 0 fully saturated rings. The number of fused-ring (bicyclic) bond motifs is 1. The number of amides is 1. The summed E-state index contributed by atoms with van der Waals surface area (Å²) in [7, 11) is 0. The lowest BCUT2D eigenvalue weighted by Gasteiger charge is -2.29. The molecule has 204 valence electrons. The lowest BCUT2D eigenvalue weighted by molar-refractivity contribution is -0.118. The van der Waals surface area contributed by atoms with E-state index in [2.05, 4.69) is 20.9 Å². The number of aliphatic hydroxyl groups is 1. The Balaban J connectivity index is 1.41. The normalized spacial score (nSPS) is 16.6. The van der Waals surface area contributed by atoms with E-state index >= 15 is 0 Å². The lowest BCUT2D eigenvalue weighted by Crippen LogP contribution is -2.48. The number of aromatic nitrogens is 2. The Bertz CT molecular complexity index is 1230. The SMILES string of the molecule is CCCC(N[C@H]1CCc2cc(F)cc(F)c2C1)C(=O)Nc1cn(-c2ccccc2CN[C@H](CC)CO)cn1. The van der Waals surface area contributed by atoms with Crippen LogP contribution < -0.4 is 16.0 Å². The number of carbonyl (C=O) groups excluding carboxylic acids is 1. The highest BCUT2D eigenvalue weighted by Crippen LogP contribution is 2.26. The molecule has 1 aromatic heterocycles. The molecule has 0 saturated carbocycles. The topological polar surface area (TPSA) is 91.2 Å². The van der Waals surface area contributed by atoms with Crippen LogP contribution in [0, 0.1) is 11.6 Å². The van der Waals surface area contributed by atoms with Gasteiger partial charge in [0, 0.05) is 24.7 Å². The maximum Gasteiger partial charge on any atom is 0.242 e. The van der Waals surface area contributed by atoms with E-state index in [-0.39, 0.29) is 24.6 Å². The maximum atomic E-state index is 14.4. The molecule has 0 aliphatic heterocycles. The summed E-state index contributed by atoms with van der Waals surface area (Å²) in [6.45, 7) is 4.71. The van der Waals surface area contributed by atoms with Crippen molar-refractivity contribution < 1.29 is 18.7 Å². The van der Waals surface area contributed by atoms with E-state index in [0.29, 0.717) is 49.2 Å². The average molecular weight is 526 g/mol. The number of halogens is 2. The molecule has 2 aromatic carbocycles.